The fraction of sp³-hybridized carbons (Fsp3) is 0.417. The molecule has 0 spiro atoms. The van der Waals surface area contributed by atoms with Crippen LogP contribution in [0.15, 0.2) is 65.3 Å². The Balaban J connectivity index is 1.58. The van der Waals surface area contributed by atoms with Crippen LogP contribution in [0.1, 0.15) is 58.8 Å². The van der Waals surface area contributed by atoms with Gasteiger partial charge in [0.05, 0.1) is 0 Å². The number of cyclic esters (lactones) is 1. The summed E-state index contributed by atoms with van der Waals surface area (Å²) in [6, 6.07) is 10.0. The summed E-state index contributed by atoms with van der Waals surface area (Å²) in [6.07, 6.45) is 12.7. The maximum atomic E-state index is 12.1. The van der Waals surface area contributed by atoms with Crippen LogP contribution in [-0.4, -0.2) is 32.2 Å². The van der Waals surface area contributed by atoms with Gasteiger partial charge < -0.3 is 4.74 Å². The van der Waals surface area contributed by atoms with Crippen molar-refractivity contribution in [3.8, 4) is 0 Å². The second-order valence-electron chi connectivity index (χ2n) is 7.15. The van der Waals surface area contributed by atoms with Crippen LogP contribution in [0.3, 0.4) is 0 Å². The van der Waals surface area contributed by atoms with Crippen LogP contribution in [-0.2, 0) is 14.3 Å². The Morgan fingerprint density at radius 2 is 1.75 bits per heavy atom. The van der Waals surface area contributed by atoms with Crippen molar-refractivity contribution < 1.29 is 14.3 Å². The van der Waals surface area contributed by atoms with E-state index in [1.54, 1.807) is 0 Å². The number of carbonyl (C=O) groups is 2. The molecule has 150 valence electrons. The first-order chi connectivity index (χ1) is 13.5. The number of ether oxygens (including phenoxy) is 1. The van der Waals surface area contributed by atoms with Gasteiger partial charge in [-0.1, -0.05) is 0 Å². The average molecular weight is 445 g/mol. The molecule has 1 heterocycles. The van der Waals surface area contributed by atoms with Crippen molar-refractivity contribution in [2.75, 3.05) is 6.61 Å². The molecule has 4 heteroatoms. The molecule has 1 aromatic carbocycles. The molecule has 0 saturated heterocycles. The number of carbonyl (C=O) groups excluding carboxylic acids is 2. The van der Waals surface area contributed by atoms with Crippen LogP contribution in [0, 0.1) is 0 Å². The van der Waals surface area contributed by atoms with E-state index >= 15 is 0 Å². The van der Waals surface area contributed by atoms with Crippen LogP contribution < -0.4 is 4.46 Å². The first kappa shape index (κ1) is 22.4. The molecule has 0 unspecified atom stereocenters. The quantitative estimate of drug-likeness (QED) is 0.267. The van der Waals surface area contributed by atoms with Crippen molar-refractivity contribution >= 4 is 30.1 Å². The normalized spacial score (nSPS) is 14.8. The van der Waals surface area contributed by atoms with Gasteiger partial charge in [0.15, 0.2) is 0 Å². The SMILES string of the molecule is C/C(=C\CCC1=CCOC1=O)CC/C=C(\C)CCCC(=O)[Se]c1ccccc1. The fourth-order valence-corrected chi connectivity index (χ4v) is 4.69. The van der Waals surface area contributed by atoms with Gasteiger partial charge in [-0.3, -0.25) is 0 Å². The van der Waals surface area contributed by atoms with Gasteiger partial charge in [0.1, 0.15) is 6.61 Å². The Hall–Kier alpha value is -1.90. The van der Waals surface area contributed by atoms with Crippen molar-refractivity contribution in [1.82, 2.24) is 0 Å². The van der Waals surface area contributed by atoms with E-state index in [2.05, 4.69) is 26.0 Å². The number of rotatable bonds is 12. The van der Waals surface area contributed by atoms with E-state index in [-0.39, 0.29) is 20.9 Å². The predicted molar refractivity (Wildman–Crippen MR) is 116 cm³/mol. The third kappa shape index (κ3) is 8.86. The maximum absolute atomic E-state index is 12.1. The van der Waals surface area contributed by atoms with Gasteiger partial charge in [0.2, 0.25) is 0 Å². The standard InChI is InChI=1S/C24H30O3Se/c1-19(11-7-13-21-17-18-27-24(21)26)9-6-10-20(2)12-8-16-23(25)28-22-14-4-3-5-15-22/h3-5,10-11,14-15,17H,6-9,12-13,16,18H2,1-2H3/b19-11+,20-10+. The molecular formula is C24H30O3Se. The van der Waals surface area contributed by atoms with Gasteiger partial charge in [0, 0.05) is 5.57 Å². The van der Waals surface area contributed by atoms with Crippen molar-refractivity contribution in [1.29, 1.82) is 0 Å². The van der Waals surface area contributed by atoms with Gasteiger partial charge in [-0.25, -0.2) is 4.79 Å². The number of hydrogen-bond donors (Lipinski definition) is 0. The zero-order valence-electron chi connectivity index (χ0n) is 16.9. The van der Waals surface area contributed by atoms with Crippen LogP contribution in [0.25, 0.3) is 0 Å². The van der Waals surface area contributed by atoms with Gasteiger partial charge >= 0.3 is 147 Å². The van der Waals surface area contributed by atoms with E-state index in [1.165, 1.54) is 11.1 Å². The molecule has 1 aliphatic heterocycles. The molecular weight excluding hydrogens is 415 g/mol. The third-order valence-corrected chi connectivity index (χ3v) is 6.64. The molecule has 0 aliphatic carbocycles. The van der Waals surface area contributed by atoms with E-state index in [0.29, 0.717) is 17.7 Å². The summed E-state index contributed by atoms with van der Waals surface area (Å²) < 4.78 is 6.45. The minimum atomic E-state index is -0.159. The molecule has 1 aromatic rings. The van der Waals surface area contributed by atoms with Crippen molar-refractivity contribution in [3.05, 3.63) is 65.3 Å². The Kier molecular flexibility index (Phi) is 10.0. The summed E-state index contributed by atoms with van der Waals surface area (Å²) in [5.74, 6) is -0.159. The zero-order valence-corrected chi connectivity index (χ0v) is 18.6. The third-order valence-electron chi connectivity index (χ3n) is 4.67. The predicted octanol–water partition coefficient (Wildman–Crippen LogP) is 4.65. The van der Waals surface area contributed by atoms with Crippen LogP contribution in [0.2, 0.25) is 0 Å². The van der Waals surface area contributed by atoms with Gasteiger partial charge in [-0.15, -0.1) is 0 Å². The Labute approximate surface area is 175 Å². The second-order valence-corrected chi connectivity index (χ2v) is 9.52. The molecule has 1 aliphatic rings. The Bertz CT molecular complexity index is 744. The van der Waals surface area contributed by atoms with Crippen LogP contribution in [0.5, 0.6) is 0 Å². The Morgan fingerprint density at radius 1 is 1.04 bits per heavy atom. The molecule has 0 amide bonds. The van der Waals surface area contributed by atoms with Gasteiger partial charge in [-0.2, -0.15) is 0 Å². The van der Waals surface area contributed by atoms with Crippen molar-refractivity contribution in [3.63, 3.8) is 0 Å². The molecule has 0 radical (unpaired) electrons. The summed E-state index contributed by atoms with van der Waals surface area (Å²) in [4.78, 5) is 23.5. The number of esters is 1. The van der Waals surface area contributed by atoms with E-state index in [9.17, 15) is 9.59 Å². The topological polar surface area (TPSA) is 43.4 Å². The van der Waals surface area contributed by atoms with Gasteiger partial charge in [0.25, 0.3) is 0 Å². The summed E-state index contributed by atoms with van der Waals surface area (Å²) in [7, 11) is 0. The van der Waals surface area contributed by atoms with Crippen molar-refractivity contribution in [2.24, 2.45) is 0 Å². The van der Waals surface area contributed by atoms with Crippen molar-refractivity contribution in [2.45, 2.75) is 58.8 Å². The summed E-state index contributed by atoms with van der Waals surface area (Å²) in [6.45, 7) is 4.73. The fourth-order valence-electron chi connectivity index (χ4n) is 3.01. The average Bonchev–Trinajstić information content (AvgIpc) is 3.07. The minimum absolute atomic E-state index is 0.0495. The molecule has 0 aromatic heterocycles. The second kappa shape index (κ2) is 12.5. The molecule has 0 N–H and O–H groups in total. The Morgan fingerprint density at radius 3 is 2.46 bits per heavy atom. The van der Waals surface area contributed by atoms with E-state index < -0.39 is 0 Å². The molecule has 0 saturated carbocycles. The molecule has 3 nitrogen and oxygen atoms in total. The van der Waals surface area contributed by atoms with Crippen LogP contribution in [0.4, 0.5) is 0 Å². The van der Waals surface area contributed by atoms with E-state index in [0.717, 1.165) is 48.6 Å². The molecule has 28 heavy (non-hydrogen) atoms. The van der Waals surface area contributed by atoms with E-state index in [4.69, 9.17) is 4.74 Å². The first-order valence-corrected chi connectivity index (χ1v) is 11.7. The number of allylic oxidation sites excluding steroid dienone is 4. The van der Waals surface area contributed by atoms with Gasteiger partial charge in [-0.05, 0) is 6.08 Å². The zero-order chi connectivity index (χ0) is 20.2. The monoisotopic (exact) mass is 446 g/mol. The van der Waals surface area contributed by atoms with E-state index in [1.807, 2.05) is 36.4 Å². The number of hydrogen-bond acceptors (Lipinski definition) is 3. The first-order valence-electron chi connectivity index (χ1n) is 9.97. The molecule has 0 bridgehead atoms. The number of benzene rings is 1. The summed E-state index contributed by atoms with van der Waals surface area (Å²) in [5.41, 5.74) is 3.53. The molecule has 2 rings (SSSR count). The summed E-state index contributed by atoms with van der Waals surface area (Å²) >= 11 is -0.0495. The molecule has 0 fully saturated rings. The summed E-state index contributed by atoms with van der Waals surface area (Å²) in [5, 5.41) is 0. The van der Waals surface area contributed by atoms with Crippen LogP contribution >= 0.6 is 0 Å². The molecule has 0 atom stereocenters.